The van der Waals surface area contributed by atoms with Crippen molar-refractivity contribution >= 4 is 50.5 Å². The standard InChI is InChI=1S/C24H54O4S3Si2/c1-5-9-15-25-23(26-16-10-6-2)32-21-13-19-29-31-30-20-14-22-33-24(27-17-11-7-3)28-18-12-8-4/h23-24H,5-22,32-33H2,1-4H3. The highest BCUT2D eigenvalue weighted by molar-refractivity contribution is 9.09. The summed E-state index contributed by atoms with van der Waals surface area (Å²) < 4.78 is 24.0. The fraction of sp³-hybridized carbons (Fsp3) is 1.00. The SMILES string of the molecule is CCCCOC(OCCCC)[SiH2]CCCSSSCCC[SiH2]C(OCCCC)OCCCC. The van der Waals surface area contributed by atoms with E-state index in [2.05, 4.69) is 27.7 Å². The van der Waals surface area contributed by atoms with Crippen LogP contribution in [-0.2, 0) is 18.9 Å². The van der Waals surface area contributed by atoms with Crippen LogP contribution in [0.25, 0.3) is 0 Å². The van der Waals surface area contributed by atoms with Gasteiger partial charge in [0.25, 0.3) is 0 Å². The second kappa shape index (κ2) is 29.6. The summed E-state index contributed by atoms with van der Waals surface area (Å²) in [4.78, 5) is 0. The first-order valence-corrected chi connectivity index (χ1v) is 21.1. The zero-order valence-corrected chi connectivity index (χ0v) is 27.4. The average molecular weight is 559 g/mol. The summed E-state index contributed by atoms with van der Waals surface area (Å²) in [5.74, 6) is 2.77. The number of ether oxygens (including phenoxy) is 4. The predicted molar refractivity (Wildman–Crippen MR) is 159 cm³/mol. The first kappa shape index (κ1) is 34.3. The van der Waals surface area contributed by atoms with Crippen molar-refractivity contribution in [3.8, 4) is 0 Å². The molecule has 0 spiro atoms. The third kappa shape index (κ3) is 26.2. The second-order valence-corrected chi connectivity index (χ2v) is 16.8. The molecule has 0 aliphatic heterocycles. The summed E-state index contributed by atoms with van der Waals surface area (Å²) in [7, 11) is 5.42. The topological polar surface area (TPSA) is 36.9 Å². The lowest BCUT2D eigenvalue weighted by Crippen LogP contribution is -2.25. The molecule has 0 aromatic heterocycles. The van der Waals surface area contributed by atoms with E-state index in [0.717, 1.165) is 52.1 Å². The zero-order valence-electron chi connectivity index (χ0n) is 22.2. The minimum Gasteiger partial charge on any atom is -0.357 e. The van der Waals surface area contributed by atoms with Crippen LogP contribution in [0.5, 0.6) is 0 Å². The number of hydrogen-bond acceptors (Lipinski definition) is 7. The van der Waals surface area contributed by atoms with Gasteiger partial charge in [0.2, 0.25) is 0 Å². The van der Waals surface area contributed by atoms with E-state index in [4.69, 9.17) is 18.9 Å². The van der Waals surface area contributed by atoms with Crippen LogP contribution in [0.3, 0.4) is 0 Å². The predicted octanol–water partition coefficient (Wildman–Crippen LogP) is 6.80. The van der Waals surface area contributed by atoms with Crippen LogP contribution >= 0.6 is 31.4 Å². The van der Waals surface area contributed by atoms with E-state index in [1.54, 1.807) is 0 Å². The van der Waals surface area contributed by atoms with Crippen LogP contribution in [0.4, 0.5) is 0 Å². The van der Waals surface area contributed by atoms with Gasteiger partial charge in [-0.05, 0) is 48.4 Å². The van der Waals surface area contributed by atoms with Gasteiger partial charge in [-0.2, -0.15) is 0 Å². The van der Waals surface area contributed by atoms with Crippen molar-refractivity contribution in [3.05, 3.63) is 0 Å². The highest BCUT2D eigenvalue weighted by Crippen LogP contribution is 2.35. The minimum absolute atomic E-state index is 0.139. The molecule has 0 unspecified atom stereocenters. The maximum atomic E-state index is 5.99. The molecule has 0 aromatic rings. The van der Waals surface area contributed by atoms with Crippen LogP contribution in [-0.4, -0.2) is 68.8 Å². The van der Waals surface area contributed by atoms with E-state index >= 15 is 0 Å². The molecule has 0 amide bonds. The quantitative estimate of drug-likeness (QED) is 0.0452. The molecule has 0 aromatic carbocycles. The summed E-state index contributed by atoms with van der Waals surface area (Å²) in [6.07, 6.45) is 11.9. The molecular formula is C24H54O4S3Si2. The van der Waals surface area contributed by atoms with Gasteiger partial charge in [-0.15, -0.1) is 0 Å². The van der Waals surface area contributed by atoms with E-state index in [1.807, 2.05) is 31.4 Å². The zero-order chi connectivity index (χ0) is 24.2. The third-order valence-electron chi connectivity index (χ3n) is 5.14. The molecule has 200 valence electrons. The normalized spacial score (nSPS) is 12.5. The van der Waals surface area contributed by atoms with Crippen molar-refractivity contribution in [1.82, 2.24) is 0 Å². The molecule has 0 radical (unpaired) electrons. The lowest BCUT2D eigenvalue weighted by Gasteiger charge is -2.18. The van der Waals surface area contributed by atoms with Crippen molar-refractivity contribution in [2.24, 2.45) is 0 Å². The Bertz CT molecular complexity index is 323. The molecule has 0 saturated heterocycles. The first-order valence-electron chi connectivity index (χ1n) is 13.7. The molecule has 0 fully saturated rings. The molecule has 4 nitrogen and oxygen atoms in total. The molecular weight excluding hydrogens is 505 g/mol. The molecule has 0 heterocycles. The largest absolute Gasteiger partial charge is 0.357 e. The lowest BCUT2D eigenvalue weighted by atomic mass is 10.4. The van der Waals surface area contributed by atoms with Gasteiger partial charge in [-0.25, -0.2) is 0 Å². The van der Waals surface area contributed by atoms with E-state index < -0.39 is 0 Å². The van der Waals surface area contributed by atoms with Gasteiger partial charge in [0, 0.05) is 37.9 Å². The Labute approximate surface area is 222 Å². The summed E-state index contributed by atoms with van der Waals surface area (Å²) in [6.45, 7) is 12.3. The smallest absolute Gasteiger partial charge is 0.134 e. The fourth-order valence-corrected chi connectivity index (χ4v) is 10.7. The maximum absolute atomic E-state index is 5.99. The van der Waals surface area contributed by atoms with Gasteiger partial charge in [-0.3, -0.25) is 0 Å². The molecule has 0 bridgehead atoms. The number of unbranched alkanes of at least 4 members (excludes halogenated alkanes) is 4. The monoisotopic (exact) mass is 558 g/mol. The van der Waals surface area contributed by atoms with Gasteiger partial charge >= 0.3 is 0 Å². The molecule has 0 rings (SSSR count). The molecule has 33 heavy (non-hydrogen) atoms. The van der Waals surface area contributed by atoms with Crippen LogP contribution in [0, 0.1) is 0 Å². The molecule has 0 saturated carbocycles. The van der Waals surface area contributed by atoms with Crippen LogP contribution < -0.4 is 0 Å². The van der Waals surface area contributed by atoms with Crippen molar-refractivity contribution in [2.75, 3.05) is 37.9 Å². The molecule has 0 aliphatic rings. The first-order chi connectivity index (χ1) is 16.3. The van der Waals surface area contributed by atoms with Crippen molar-refractivity contribution < 1.29 is 18.9 Å². The van der Waals surface area contributed by atoms with E-state index in [1.165, 1.54) is 62.1 Å². The molecule has 9 heteroatoms. The third-order valence-corrected chi connectivity index (χ3v) is 13.3. The van der Waals surface area contributed by atoms with Crippen molar-refractivity contribution in [1.29, 1.82) is 0 Å². The highest BCUT2D eigenvalue weighted by atomic mass is 33.5. The van der Waals surface area contributed by atoms with E-state index in [0.29, 0.717) is 0 Å². The maximum Gasteiger partial charge on any atom is 0.134 e. The van der Waals surface area contributed by atoms with Gasteiger partial charge in [0.15, 0.2) is 0 Å². The summed E-state index contributed by atoms with van der Waals surface area (Å²) in [6, 6.07) is 2.65. The highest BCUT2D eigenvalue weighted by Gasteiger charge is 2.11. The van der Waals surface area contributed by atoms with Gasteiger partial charge in [0.05, 0.1) is 19.0 Å². The average Bonchev–Trinajstić information content (AvgIpc) is 2.82. The van der Waals surface area contributed by atoms with E-state index in [-0.39, 0.29) is 30.9 Å². The second-order valence-electron chi connectivity index (χ2n) is 8.46. The molecule has 0 atom stereocenters. The van der Waals surface area contributed by atoms with Gasteiger partial charge in [0.1, 0.15) is 11.8 Å². The van der Waals surface area contributed by atoms with E-state index in [9.17, 15) is 0 Å². The minimum atomic E-state index is -0.299. The van der Waals surface area contributed by atoms with Gasteiger partial charge in [-0.1, -0.05) is 87.1 Å². The van der Waals surface area contributed by atoms with Crippen LogP contribution in [0.15, 0.2) is 0 Å². The lowest BCUT2D eigenvalue weighted by molar-refractivity contribution is -0.0922. The Hall–Kier alpha value is 1.32. The number of hydrogen-bond donors (Lipinski definition) is 0. The molecule has 0 N–H and O–H groups in total. The summed E-state index contributed by atoms with van der Waals surface area (Å²) >= 11 is 0. The summed E-state index contributed by atoms with van der Waals surface area (Å²) in [5, 5.41) is 0. The van der Waals surface area contributed by atoms with Crippen LogP contribution in [0.2, 0.25) is 12.1 Å². The fourth-order valence-electron chi connectivity index (χ4n) is 2.91. The Morgan fingerprint density at radius 1 is 0.515 bits per heavy atom. The Kier molecular flexibility index (Phi) is 30.7. The van der Waals surface area contributed by atoms with Gasteiger partial charge < -0.3 is 18.9 Å². The van der Waals surface area contributed by atoms with Crippen molar-refractivity contribution in [2.45, 2.75) is 116 Å². The number of rotatable bonds is 28. The summed E-state index contributed by atoms with van der Waals surface area (Å²) in [5.41, 5.74) is 0. The Balaban J connectivity index is 3.66. The Morgan fingerprint density at radius 3 is 1.15 bits per heavy atom. The van der Waals surface area contributed by atoms with Crippen molar-refractivity contribution in [3.63, 3.8) is 0 Å². The Morgan fingerprint density at radius 2 is 0.848 bits per heavy atom. The molecule has 0 aliphatic carbocycles. The van der Waals surface area contributed by atoms with Crippen LogP contribution in [0.1, 0.15) is 91.9 Å².